The van der Waals surface area contributed by atoms with Crippen LogP contribution in [0.15, 0.2) is 54.6 Å². The third-order valence-electron chi connectivity index (χ3n) is 3.04. The maximum Gasteiger partial charge on any atom is 0.123 e. The van der Waals surface area contributed by atoms with E-state index in [2.05, 4.69) is 12.1 Å². The van der Waals surface area contributed by atoms with E-state index in [4.69, 9.17) is 0 Å². The quantitative estimate of drug-likeness (QED) is 0.846. The van der Waals surface area contributed by atoms with Crippen molar-refractivity contribution in [2.24, 2.45) is 0 Å². The standard InChI is InChI=1S/C16H17FO/c17-15-11-9-14(10-12-15)16(18)8-4-7-13-5-2-1-3-6-13/h1-3,5-6,9-12,16,18H,4,7-8H2/t16-/m1/s1. The highest BCUT2D eigenvalue weighted by atomic mass is 19.1. The third kappa shape index (κ3) is 3.67. The van der Waals surface area contributed by atoms with Crippen LogP contribution in [0.5, 0.6) is 0 Å². The molecule has 94 valence electrons. The number of halogens is 1. The van der Waals surface area contributed by atoms with Crippen molar-refractivity contribution < 1.29 is 9.50 Å². The largest absolute Gasteiger partial charge is 0.388 e. The molecule has 2 rings (SSSR count). The molecule has 0 radical (unpaired) electrons. The first-order valence-corrected chi connectivity index (χ1v) is 6.23. The highest BCUT2D eigenvalue weighted by Crippen LogP contribution is 2.19. The SMILES string of the molecule is O[C@H](CCCc1ccccc1)c1ccc(F)cc1. The zero-order chi connectivity index (χ0) is 12.8. The van der Waals surface area contributed by atoms with Gasteiger partial charge >= 0.3 is 0 Å². The van der Waals surface area contributed by atoms with Gasteiger partial charge in [0.2, 0.25) is 0 Å². The van der Waals surface area contributed by atoms with E-state index in [0.29, 0.717) is 6.42 Å². The molecule has 18 heavy (non-hydrogen) atoms. The van der Waals surface area contributed by atoms with Crippen LogP contribution in [0.1, 0.15) is 30.1 Å². The van der Waals surface area contributed by atoms with Gasteiger partial charge in [0, 0.05) is 0 Å². The fourth-order valence-electron chi connectivity index (χ4n) is 2.00. The summed E-state index contributed by atoms with van der Waals surface area (Å²) in [5.74, 6) is -0.268. The zero-order valence-corrected chi connectivity index (χ0v) is 10.2. The lowest BCUT2D eigenvalue weighted by atomic mass is 10.0. The van der Waals surface area contributed by atoms with Crippen LogP contribution in [0, 0.1) is 5.82 Å². The van der Waals surface area contributed by atoms with Gasteiger partial charge in [-0.2, -0.15) is 0 Å². The molecule has 0 aliphatic heterocycles. The van der Waals surface area contributed by atoms with Crippen molar-refractivity contribution >= 4 is 0 Å². The molecule has 1 nitrogen and oxygen atoms in total. The van der Waals surface area contributed by atoms with Gasteiger partial charge < -0.3 is 5.11 Å². The molecule has 1 N–H and O–H groups in total. The molecule has 1 atom stereocenters. The van der Waals surface area contributed by atoms with Crippen LogP contribution < -0.4 is 0 Å². The number of aliphatic hydroxyl groups excluding tert-OH is 1. The molecule has 0 aliphatic rings. The van der Waals surface area contributed by atoms with E-state index in [0.717, 1.165) is 18.4 Å². The smallest absolute Gasteiger partial charge is 0.123 e. The Labute approximate surface area is 107 Å². The maximum absolute atomic E-state index is 12.7. The first kappa shape index (κ1) is 12.8. The summed E-state index contributed by atoms with van der Waals surface area (Å²) in [6.45, 7) is 0. The Bertz CT molecular complexity index is 464. The second-order valence-corrected chi connectivity index (χ2v) is 4.45. The predicted molar refractivity (Wildman–Crippen MR) is 70.7 cm³/mol. The predicted octanol–water partition coefficient (Wildman–Crippen LogP) is 3.88. The van der Waals surface area contributed by atoms with Gasteiger partial charge in [-0.1, -0.05) is 42.5 Å². The van der Waals surface area contributed by atoms with Gasteiger partial charge in [0.25, 0.3) is 0 Å². The van der Waals surface area contributed by atoms with Gasteiger partial charge in [-0.15, -0.1) is 0 Å². The normalized spacial score (nSPS) is 12.3. The van der Waals surface area contributed by atoms with Gasteiger partial charge in [-0.05, 0) is 42.5 Å². The topological polar surface area (TPSA) is 20.2 Å². The number of aliphatic hydroxyl groups is 1. The maximum atomic E-state index is 12.7. The minimum atomic E-state index is -0.505. The van der Waals surface area contributed by atoms with E-state index in [9.17, 15) is 9.50 Å². The molecule has 0 heterocycles. The molecule has 0 bridgehead atoms. The molecule has 0 saturated carbocycles. The Balaban J connectivity index is 1.81. The molecule has 0 aromatic heterocycles. The first-order valence-electron chi connectivity index (χ1n) is 6.23. The summed E-state index contributed by atoms with van der Waals surface area (Å²) in [5, 5.41) is 9.97. The van der Waals surface area contributed by atoms with Crippen molar-refractivity contribution in [3.05, 3.63) is 71.5 Å². The number of benzene rings is 2. The van der Waals surface area contributed by atoms with E-state index in [1.165, 1.54) is 17.7 Å². The Morgan fingerprint density at radius 3 is 2.28 bits per heavy atom. The fourth-order valence-corrected chi connectivity index (χ4v) is 2.00. The summed E-state index contributed by atoms with van der Waals surface area (Å²) in [7, 11) is 0. The van der Waals surface area contributed by atoms with Crippen LogP contribution in [-0.2, 0) is 6.42 Å². The molecule has 2 aromatic rings. The lowest BCUT2D eigenvalue weighted by Gasteiger charge is -2.10. The molecule has 0 saturated heterocycles. The molecule has 2 aromatic carbocycles. The van der Waals surface area contributed by atoms with Gasteiger partial charge in [0.1, 0.15) is 5.82 Å². The van der Waals surface area contributed by atoms with Crippen molar-refractivity contribution in [2.75, 3.05) is 0 Å². The summed E-state index contributed by atoms with van der Waals surface area (Å²) in [6.07, 6.45) is 2.07. The van der Waals surface area contributed by atoms with Gasteiger partial charge in [-0.3, -0.25) is 0 Å². The van der Waals surface area contributed by atoms with Crippen LogP contribution >= 0.6 is 0 Å². The van der Waals surface area contributed by atoms with Crippen LogP contribution in [0.25, 0.3) is 0 Å². The van der Waals surface area contributed by atoms with Crippen LogP contribution in [0.2, 0.25) is 0 Å². The number of hydrogen-bond acceptors (Lipinski definition) is 1. The second-order valence-electron chi connectivity index (χ2n) is 4.45. The molecule has 0 unspecified atom stereocenters. The van der Waals surface area contributed by atoms with E-state index >= 15 is 0 Å². The highest BCUT2D eigenvalue weighted by molar-refractivity contribution is 5.18. The third-order valence-corrected chi connectivity index (χ3v) is 3.04. The van der Waals surface area contributed by atoms with Crippen molar-refractivity contribution in [3.63, 3.8) is 0 Å². The van der Waals surface area contributed by atoms with E-state index in [1.807, 2.05) is 18.2 Å². The molecule has 0 aliphatic carbocycles. The Morgan fingerprint density at radius 1 is 0.944 bits per heavy atom. The lowest BCUT2D eigenvalue weighted by Crippen LogP contribution is -1.98. The lowest BCUT2D eigenvalue weighted by molar-refractivity contribution is 0.164. The number of aryl methyl sites for hydroxylation is 1. The Morgan fingerprint density at radius 2 is 1.61 bits per heavy atom. The van der Waals surface area contributed by atoms with E-state index in [-0.39, 0.29) is 5.82 Å². The van der Waals surface area contributed by atoms with Crippen LogP contribution in [0.3, 0.4) is 0 Å². The van der Waals surface area contributed by atoms with Gasteiger partial charge in [0.15, 0.2) is 0 Å². The second kappa shape index (κ2) is 6.31. The summed E-state index contributed by atoms with van der Waals surface area (Å²) in [4.78, 5) is 0. The monoisotopic (exact) mass is 244 g/mol. The van der Waals surface area contributed by atoms with E-state index in [1.54, 1.807) is 12.1 Å². The minimum absolute atomic E-state index is 0.268. The zero-order valence-electron chi connectivity index (χ0n) is 10.2. The average molecular weight is 244 g/mol. The average Bonchev–Trinajstić information content (AvgIpc) is 2.40. The van der Waals surface area contributed by atoms with Crippen molar-refractivity contribution in [3.8, 4) is 0 Å². The van der Waals surface area contributed by atoms with Crippen LogP contribution in [-0.4, -0.2) is 5.11 Å². The van der Waals surface area contributed by atoms with Crippen molar-refractivity contribution in [1.82, 2.24) is 0 Å². The first-order chi connectivity index (χ1) is 8.75. The van der Waals surface area contributed by atoms with Crippen LogP contribution in [0.4, 0.5) is 4.39 Å². The van der Waals surface area contributed by atoms with Crippen molar-refractivity contribution in [1.29, 1.82) is 0 Å². The molecule has 0 amide bonds. The van der Waals surface area contributed by atoms with Gasteiger partial charge in [-0.25, -0.2) is 4.39 Å². The summed E-state index contributed by atoms with van der Waals surface area (Å²) in [6, 6.07) is 16.3. The fraction of sp³-hybridized carbons (Fsp3) is 0.250. The molecule has 2 heteroatoms. The number of hydrogen-bond donors (Lipinski definition) is 1. The Hall–Kier alpha value is -1.67. The number of rotatable bonds is 5. The molecule has 0 spiro atoms. The molecule has 0 fully saturated rings. The van der Waals surface area contributed by atoms with Gasteiger partial charge in [0.05, 0.1) is 6.10 Å². The summed E-state index contributed by atoms with van der Waals surface area (Å²) in [5.41, 5.74) is 2.06. The minimum Gasteiger partial charge on any atom is -0.388 e. The van der Waals surface area contributed by atoms with Crippen molar-refractivity contribution in [2.45, 2.75) is 25.4 Å². The van der Waals surface area contributed by atoms with E-state index < -0.39 is 6.10 Å². The Kier molecular flexibility index (Phi) is 4.48. The highest BCUT2D eigenvalue weighted by Gasteiger charge is 2.07. The summed E-state index contributed by atoms with van der Waals surface area (Å²) >= 11 is 0. The molecular weight excluding hydrogens is 227 g/mol. The molecular formula is C16H17FO. The summed E-state index contributed by atoms with van der Waals surface area (Å²) < 4.78 is 12.7.